The molecule has 0 atom stereocenters. The van der Waals surface area contributed by atoms with Crippen molar-refractivity contribution >= 4 is 16.5 Å². The molecule has 1 saturated carbocycles. The molecule has 0 spiro atoms. The fourth-order valence-electron chi connectivity index (χ4n) is 1.41. The smallest absolute Gasteiger partial charge is 0.183 e. The Morgan fingerprint density at radius 1 is 1.43 bits per heavy atom. The first-order valence-corrected chi connectivity index (χ1v) is 6.16. The summed E-state index contributed by atoms with van der Waals surface area (Å²) in [5, 5.41) is 6.74. The molecule has 0 aromatic carbocycles. The van der Waals surface area contributed by atoms with Crippen LogP contribution in [0.5, 0.6) is 0 Å². The maximum absolute atomic E-state index is 4.61. The van der Waals surface area contributed by atoms with E-state index in [4.69, 9.17) is 0 Å². The third-order valence-electron chi connectivity index (χ3n) is 2.71. The number of rotatable bonds is 2. The molecule has 1 aliphatic carbocycles. The van der Waals surface area contributed by atoms with Crippen LogP contribution in [0.2, 0.25) is 0 Å². The molecule has 14 heavy (non-hydrogen) atoms. The molecular weight excluding hydrogens is 192 g/mol. The van der Waals surface area contributed by atoms with Crippen LogP contribution in [0.1, 0.15) is 45.7 Å². The number of hydrogen-bond donors (Lipinski definition) is 1. The predicted octanol–water partition coefficient (Wildman–Crippen LogP) is 3.41. The van der Waals surface area contributed by atoms with Crippen LogP contribution in [0.25, 0.3) is 0 Å². The van der Waals surface area contributed by atoms with Crippen molar-refractivity contribution in [1.82, 2.24) is 4.98 Å². The number of anilines is 1. The lowest BCUT2D eigenvalue weighted by molar-refractivity contribution is 0.445. The number of aromatic nitrogens is 1. The molecule has 78 valence electrons. The third kappa shape index (κ3) is 2.08. The highest BCUT2D eigenvalue weighted by Crippen LogP contribution is 2.29. The molecule has 0 unspecified atom stereocenters. The lowest BCUT2D eigenvalue weighted by Gasteiger charge is -2.26. The average Bonchev–Trinajstić information content (AvgIpc) is 2.43. The van der Waals surface area contributed by atoms with Gasteiger partial charge in [0.2, 0.25) is 0 Å². The van der Waals surface area contributed by atoms with Gasteiger partial charge in [0.25, 0.3) is 0 Å². The molecular formula is C11H18N2S. The van der Waals surface area contributed by atoms with Crippen LogP contribution in [0.15, 0.2) is 5.38 Å². The van der Waals surface area contributed by atoms with Crippen LogP contribution in [-0.4, -0.2) is 11.0 Å². The van der Waals surface area contributed by atoms with E-state index < -0.39 is 0 Å². The van der Waals surface area contributed by atoms with E-state index >= 15 is 0 Å². The molecule has 1 N–H and O–H groups in total. The Labute approximate surface area is 89.8 Å². The monoisotopic (exact) mass is 210 g/mol. The van der Waals surface area contributed by atoms with Crippen molar-refractivity contribution in [2.75, 3.05) is 5.32 Å². The molecule has 1 fully saturated rings. The Balaban J connectivity index is 2.02. The maximum Gasteiger partial charge on any atom is 0.183 e. The second-order valence-electron chi connectivity index (χ2n) is 5.06. The zero-order chi connectivity index (χ0) is 10.2. The van der Waals surface area contributed by atoms with Crippen molar-refractivity contribution in [1.29, 1.82) is 0 Å². The molecule has 3 heteroatoms. The SMILES string of the molecule is CC(C)(C)c1csc(NC2CCC2)n1. The van der Waals surface area contributed by atoms with Crippen LogP contribution >= 0.6 is 11.3 Å². The zero-order valence-electron chi connectivity index (χ0n) is 9.13. The van der Waals surface area contributed by atoms with E-state index in [0.29, 0.717) is 6.04 Å². The number of hydrogen-bond acceptors (Lipinski definition) is 3. The van der Waals surface area contributed by atoms with Crippen molar-refractivity contribution in [2.24, 2.45) is 0 Å². The molecule has 2 rings (SSSR count). The Kier molecular flexibility index (Phi) is 2.52. The second-order valence-corrected chi connectivity index (χ2v) is 5.92. The van der Waals surface area contributed by atoms with Crippen LogP contribution in [0.3, 0.4) is 0 Å². The summed E-state index contributed by atoms with van der Waals surface area (Å²) in [7, 11) is 0. The van der Waals surface area contributed by atoms with Gasteiger partial charge in [-0.3, -0.25) is 0 Å². The minimum Gasteiger partial charge on any atom is -0.359 e. The van der Waals surface area contributed by atoms with E-state index in [2.05, 4.69) is 36.5 Å². The molecule has 0 aliphatic heterocycles. The van der Waals surface area contributed by atoms with Crippen LogP contribution in [-0.2, 0) is 5.41 Å². The summed E-state index contributed by atoms with van der Waals surface area (Å²) in [6, 6.07) is 0.689. The fraction of sp³-hybridized carbons (Fsp3) is 0.727. The fourth-order valence-corrected chi connectivity index (χ4v) is 2.43. The second kappa shape index (κ2) is 3.54. The number of nitrogens with zero attached hydrogens (tertiary/aromatic N) is 1. The zero-order valence-corrected chi connectivity index (χ0v) is 9.95. The Hall–Kier alpha value is -0.570. The summed E-state index contributed by atoms with van der Waals surface area (Å²) in [5.41, 5.74) is 1.38. The van der Waals surface area contributed by atoms with Gasteiger partial charge in [0.1, 0.15) is 0 Å². The van der Waals surface area contributed by atoms with Gasteiger partial charge in [-0.05, 0) is 19.3 Å². The normalized spacial score (nSPS) is 17.9. The lowest BCUT2D eigenvalue weighted by atomic mass is 9.93. The maximum atomic E-state index is 4.61. The molecule has 0 bridgehead atoms. The third-order valence-corrected chi connectivity index (χ3v) is 3.48. The minimum atomic E-state index is 0.177. The van der Waals surface area contributed by atoms with E-state index in [1.54, 1.807) is 11.3 Å². The minimum absolute atomic E-state index is 0.177. The summed E-state index contributed by atoms with van der Waals surface area (Å²) < 4.78 is 0. The first-order chi connectivity index (χ1) is 6.55. The van der Waals surface area contributed by atoms with Crippen LogP contribution in [0, 0.1) is 0 Å². The molecule has 1 aromatic rings. The summed E-state index contributed by atoms with van der Waals surface area (Å²) in [5.74, 6) is 0. The van der Waals surface area contributed by atoms with E-state index in [1.807, 2.05) is 0 Å². The highest BCUT2D eigenvalue weighted by atomic mass is 32.1. The Morgan fingerprint density at radius 2 is 2.14 bits per heavy atom. The van der Waals surface area contributed by atoms with Gasteiger partial charge in [-0.2, -0.15) is 0 Å². The van der Waals surface area contributed by atoms with Crippen LogP contribution < -0.4 is 5.32 Å². The molecule has 2 nitrogen and oxygen atoms in total. The molecule has 0 radical (unpaired) electrons. The van der Waals surface area contributed by atoms with E-state index in [1.165, 1.54) is 25.0 Å². The Bertz CT molecular complexity index is 307. The van der Waals surface area contributed by atoms with E-state index in [9.17, 15) is 0 Å². The van der Waals surface area contributed by atoms with Crippen molar-refractivity contribution in [3.05, 3.63) is 11.1 Å². The number of nitrogens with one attached hydrogen (secondary N) is 1. The van der Waals surface area contributed by atoms with Crippen molar-refractivity contribution in [2.45, 2.75) is 51.5 Å². The first kappa shape index (κ1) is 9.97. The van der Waals surface area contributed by atoms with Crippen LogP contribution in [0.4, 0.5) is 5.13 Å². The lowest BCUT2D eigenvalue weighted by Crippen LogP contribution is -2.27. The summed E-state index contributed by atoms with van der Waals surface area (Å²) in [4.78, 5) is 4.61. The first-order valence-electron chi connectivity index (χ1n) is 5.28. The number of thiazole rings is 1. The molecule has 1 aliphatic rings. The van der Waals surface area contributed by atoms with Gasteiger partial charge in [-0.15, -0.1) is 11.3 Å². The van der Waals surface area contributed by atoms with E-state index in [0.717, 1.165) is 5.13 Å². The standard InChI is InChI=1S/C11H18N2S/c1-11(2,3)9-7-14-10(13-9)12-8-5-4-6-8/h7-8H,4-6H2,1-3H3,(H,12,13). The van der Waals surface area contributed by atoms with Gasteiger partial charge >= 0.3 is 0 Å². The Morgan fingerprint density at radius 3 is 2.57 bits per heavy atom. The van der Waals surface area contributed by atoms with Crippen molar-refractivity contribution in [3.63, 3.8) is 0 Å². The summed E-state index contributed by atoms with van der Waals surface area (Å²) in [6.07, 6.45) is 3.99. The average molecular weight is 210 g/mol. The largest absolute Gasteiger partial charge is 0.359 e. The summed E-state index contributed by atoms with van der Waals surface area (Å²) in [6.45, 7) is 6.61. The van der Waals surface area contributed by atoms with E-state index in [-0.39, 0.29) is 5.41 Å². The van der Waals surface area contributed by atoms with Crippen molar-refractivity contribution in [3.8, 4) is 0 Å². The topological polar surface area (TPSA) is 24.9 Å². The van der Waals surface area contributed by atoms with Gasteiger partial charge in [-0.25, -0.2) is 4.98 Å². The highest BCUT2D eigenvalue weighted by Gasteiger charge is 2.21. The molecule has 0 amide bonds. The molecule has 1 heterocycles. The van der Waals surface area contributed by atoms with Gasteiger partial charge in [-0.1, -0.05) is 20.8 Å². The quantitative estimate of drug-likeness (QED) is 0.809. The van der Waals surface area contributed by atoms with Gasteiger partial charge in [0.15, 0.2) is 5.13 Å². The van der Waals surface area contributed by atoms with Crippen molar-refractivity contribution < 1.29 is 0 Å². The van der Waals surface area contributed by atoms with Gasteiger partial charge in [0.05, 0.1) is 5.69 Å². The highest BCUT2D eigenvalue weighted by molar-refractivity contribution is 7.13. The van der Waals surface area contributed by atoms with Gasteiger partial charge < -0.3 is 5.32 Å². The van der Waals surface area contributed by atoms with Gasteiger partial charge in [0, 0.05) is 16.8 Å². The predicted molar refractivity (Wildman–Crippen MR) is 62.1 cm³/mol. The molecule has 1 aromatic heterocycles. The molecule has 0 saturated heterocycles. The summed E-state index contributed by atoms with van der Waals surface area (Å²) >= 11 is 1.73.